The highest BCUT2D eigenvalue weighted by Gasteiger charge is 2.33. The van der Waals surface area contributed by atoms with E-state index >= 15 is 0 Å². The molecule has 2 saturated heterocycles. The lowest BCUT2D eigenvalue weighted by Crippen LogP contribution is -2.44. The average molecular weight is 285 g/mol. The quantitative estimate of drug-likeness (QED) is 0.838. The second-order valence-corrected chi connectivity index (χ2v) is 6.40. The maximum absolute atomic E-state index is 5.79. The molecule has 0 radical (unpaired) electrons. The predicted octanol–water partition coefficient (Wildman–Crippen LogP) is 1.96. The lowest BCUT2D eigenvalue weighted by atomic mass is 9.96. The van der Waals surface area contributed by atoms with Crippen molar-refractivity contribution in [1.29, 1.82) is 0 Å². The number of hydrogen-bond acceptors (Lipinski definition) is 4. The van der Waals surface area contributed by atoms with Gasteiger partial charge < -0.3 is 10.1 Å². The van der Waals surface area contributed by atoms with Crippen molar-refractivity contribution < 1.29 is 4.74 Å². The summed E-state index contributed by atoms with van der Waals surface area (Å²) in [7, 11) is 0. The first-order chi connectivity index (χ1) is 9.21. The Balaban J connectivity index is 1.83. The molecule has 5 heteroatoms. The first kappa shape index (κ1) is 15.1. The summed E-state index contributed by atoms with van der Waals surface area (Å²) >= 11 is 1.86. The van der Waals surface area contributed by atoms with Crippen LogP contribution in [-0.4, -0.2) is 60.2 Å². The van der Waals surface area contributed by atoms with Gasteiger partial charge in [-0.2, -0.15) is 0 Å². The topological polar surface area (TPSA) is 36.9 Å². The van der Waals surface area contributed by atoms with Gasteiger partial charge in [0.25, 0.3) is 0 Å². The van der Waals surface area contributed by atoms with E-state index in [0.717, 1.165) is 43.7 Å². The molecule has 2 fully saturated rings. The molecule has 2 aliphatic heterocycles. The Hall–Kier alpha value is -0.260. The lowest BCUT2D eigenvalue weighted by molar-refractivity contribution is -0.0209. The van der Waals surface area contributed by atoms with E-state index in [9.17, 15) is 0 Å². The molecule has 110 valence electrons. The molecule has 1 N–H and O–H groups in total. The van der Waals surface area contributed by atoms with Crippen LogP contribution in [0.3, 0.4) is 0 Å². The van der Waals surface area contributed by atoms with Crippen molar-refractivity contribution in [2.24, 2.45) is 4.99 Å². The summed E-state index contributed by atoms with van der Waals surface area (Å²) in [5.41, 5.74) is 0.270. The number of hydrogen-bond donors (Lipinski definition) is 1. The highest BCUT2D eigenvalue weighted by atomic mass is 32.2. The Labute approximate surface area is 121 Å². The lowest BCUT2D eigenvalue weighted by Gasteiger charge is -2.31. The van der Waals surface area contributed by atoms with Gasteiger partial charge in [-0.25, -0.2) is 0 Å². The molecule has 0 saturated carbocycles. The van der Waals surface area contributed by atoms with Gasteiger partial charge in [0, 0.05) is 24.4 Å². The van der Waals surface area contributed by atoms with Gasteiger partial charge in [0.05, 0.1) is 19.3 Å². The predicted molar refractivity (Wildman–Crippen MR) is 83.1 cm³/mol. The number of thioether (sulfide) groups is 1. The molecule has 4 nitrogen and oxygen atoms in total. The zero-order valence-electron chi connectivity index (χ0n) is 12.4. The van der Waals surface area contributed by atoms with Gasteiger partial charge in [-0.15, -0.1) is 0 Å². The summed E-state index contributed by atoms with van der Waals surface area (Å²) in [6, 6.07) is 0. The normalized spacial score (nSPS) is 29.6. The number of nitrogens with one attached hydrogen (secondary N) is 1. The van der Waals surface area contributed by atoms with Crippen LogP contribution >= 0.6 is 11.8 Å². The van der Waals surface area contributed by atoms with Crippen LogP contribution in [0.25, 0.3) is 0 Å². The minimum atomic E-state index is 0.266. The fourth-order valence-electron chi connectivity index (χ4n) is 2.58. The molecule has 1 unspecified atom stereocenters. The first-order valence-corrected chi connectivity index (χ1v) is 8.49. The van der Waals surface area contributed by atoms with Gasteiger partial charge in [-0.1, -0.05) is 32.5 Å². The van der Waals surface area contributed by atoms with Crippen molar-refractivity contribution in [3.63, 3.8) is 0 Å². The molecule has 0 aromatic heterocycles. The summed E-state index contributed by atoms with van der Waals surface area (Å²) in [5.74, 6) is 1.14. The fourth-order valence-corrected chi connectivity index (χ4v) is 3.93. The van der Waals surface area contributed by atoms with Crippen molar-refractivity contribution in [3.8, 4) is 0 Å². The van der Waals surface area contributed by atoms with Crippen LogP contribution in [0.4, 0.5) is 0 Å². The summed E-state index contributed by atoms with van der Waals surface area (Å²) in [6.07, 6.45) is 2.60. The molecule has 0 bridgehead atoms. The minimum Gasteiger partial charge on any atom is -0.374 e. The van der Waals surface area contributed by atoms with E-state index in [4.69, 9.17) is 9.73 Å². The molecule has 2 heterocycles. The van der Waals surface area contributed by atoms with E-state index in [1.807, 2.05) is 11.8 Å². The number of likely N-dealkylation sites (N-methyl/N-ethyl adjacent to an activating group) is 1. The number of rotatable bonds is 5. The molecule has 0 aliphatic carbocycles. The van der Waals surface area contributed by atoms with E-state index in [-0.39, 0.29) is 11.6 Å². The first-order valence-electron chi connectivity index (χ1n) is 7.50. The Bertz CT molecular complexity index is 318. The van der Waals surface area contributed by atoms with Crippen molar-refractivity contribution >= 4 is 16.9 Å². The van der Waals surface area contributed by atoms with Gasteiger partial charge in [0.1, 0.15) is 0 Å². The van der Waals surface area contributed by atoms with Gasteiger partial charge in [0.15, 0.2) is 5.17 Å². The van der Waals surface area contributed by atoms with Gasteiger partial charge >= 0.3 is 0 Å². The molecule has 2 rings (SSSR count). The SMILES string of the molecule is CCN1CCOC(CN=C2NC(CC)(CC)CS2)C1. The molecule has 2 aliphatic rings. The van der Waals surface area contributed by atoms with Crippen molar-refractivity contribution in [2.75, 3.05) is 38.5 Å². The maximum atomic E-state index is 5.79. The van der Waals surface area contributed by atoms with Gasteiger partial charge in [-0.05, 0) is 19.4 Å². The standard InChI is InChI=1S/C14H27N3OS/c1-4-14(5-2)11-19-13(16-14)15-9-12-10-17(6-3)7-8-18-12/h12H,4-11H2,1-3H3,(H,15,16). The van der Waals surface area contributed by atoms with Crippen molar-refractivity contribution in [3.05, 3.63) is 0 Å². The summed E-state index contributed by atoms with van der Waals surface area (Å²) in [5, 5.41) is 4.72. The molecular weight excluding hydrogens is 258 g/mol. The van der Waals surface area contributed by atoms with Crippen LogP contribution in [0.2, 0.25) is 0 Å². The fraction of sp³-hybridized carbons (Fsp3) is 0.929. The number of nitrogens with zero attached hydrogens (tertiary/aromatic N) is 2. The van der Waals surface area contributed by atoms with Crippen LogP contribution < -0.4 is 5.32 Å². The molecule has 1 atom stereocenters. The summed E-state index contributed by atoms with van der Waals surface area (Å²) in [6.45, 7) is 11.5. The minimum absolute atomic E-state index is 0.266. The molecule has 0 spiro atoms. The molecular formula is C14H27N3OS. The zero-order chi connectivity index (χ0) is 13.7. The zero-order valence-corrected chi connectivity index (χ0v) is 13.3. The second-order valence-electron chi connectivity index (χ2n) is 5.43. The van der Waals surface area contributed by atoms with E-state index in [2.05, 4.69) is 31.0 Å². The molecule has 0 aromatic rings. The Morgan fingerprint density at radius 2 is 2.21 bits per heavy atom. The third-order valence-corrected chi connectivity index (χ3v) is 5.52. The van der Waals surface area contributed by atoms with Crippen LogP contribution in [0.5, 0.6) is 0 Å². The Morgan fingerprint density at radius 3 is 2.84 bits per heavy atom. The number of ether oxygens (including phenoxy) is 1. The largest absolute Gasteiger partial charge is 0.374 e. The monoisotopic (exact) mass is 285 g/mol. The van der Waals surface area contributed by atoms with Crippen molar-refractivity contribution in [2.45, 2.75) is 45.3 Å². The Kier molecular flexibility index (Phi) is 5.54. The van der Waals surface area contributed by atoms with Gasteiger partial charge in [-0.3, -0.25) is 9.89 Å². The van der Waals surface area contributed by atoms with E-state index in [0.29, 0.717) is 0 Å². The van der Waals surface area contributed by atoms with E-state index in [1.54, 1.807) is 0 Å². The third kappa shape index (κ3) is 3.86. The highest BCUT2D eigenvalue weighted by Crippen LogP contribution is 2.28. The Morgan fingerprint density at radius 1 is 1.42 bits per heavy atom. The molecule has 0 aromatic carbocycles. The summed E-state index contributed by atoms with van der Waals surface area (Å²) < 4.78 is 5.79. The smallest absolute Gasteiger partial charge is 0.157 e. The van der Waals surface area contributed by atoms with Crippen LogP contribution in [0.15, 0.2) is 4.99 Å². The van der Waals surface area contributed by atoms with E-state index in [1.165, 1.54) is 12.8 Å². The number of amidine groups is 1. The number of morpholine rings is 1. The second kappa shape index (κ2) is 6.95. The third-order valence-electron chi connectivity index (χ3n) is 4.32. The highest BCUT2D eigenvalue weighted by molar-refractivity contribution is 8.14. The molecule has 19 heavy (non-hydrogen) atoms. The molecule has 0 amide bonds. The van der Waals surface area contributed by atoms with Crippen LogP contribution in [-0.2, 0) is 4.74 Å². The van der Waals surface area contributed by atoms with Crippen molar-refractivity contribution in [1.82, 2.24) is 10.2 Å². The average Bonchev–Trinajstić information content (AvgIpc) is 2.90. The van der Waals surface area contributed by atoms with Gasteiger partial charge in [0.2, 0.25) is 0 Å². The van der Waals surface area contributed by atoms with Crippen LogP contribution in [0, 0.1) is 0 Å². The van der Waals surface area contributed by atoms with E-state index < -0.39 is 0 Å². The van der Waals surface area contributed by atoms with Crippen LogP contribution in [0.1, 0.15) is 33.6 Å². The maximum Gasteiger partial charge on any atom is 0.157 e. The number of aliphatic imine (C=N–C) groups is 1. The summed E-state index contributed by atoms with van der Waals surface area (Å²) in [4.78, 5) is 7.16.